The van der Waals surface area contributed by atoms with Crippen LogP contribution >= 0.6 is 11.3 Å². The number of fused-ring (bicyclic) bond motifs is 1. The van der Waals surface area contributed by atoms with Gasteiger partial charge in [0.1, 0.15) is 4.70 Å². The fourth-order valence-electron chi connectivity index (χ4n) is 2.12. The third-order valence-electron chi connectivity index (χ3n) is 3.15. The zero-order valence-electron chi connectivity index (χ0n) is 11.8. The zero-order chi connectivity index (χ0) is 13.8. The van der Waals surface area contributed by atoms with Gasteiger partial charge in [-0.1, -0.05) is 13.8 Å². The first-order valence-electron chi connectivity index (χ1n) is 6.77. The Morgan fingerprint density at radius 2 is 2.32 bits per heavy atom. The van der Waals surface area contributed by atoms with Crippen LogP contribution in [0.5, 0.6) is 0 Å². The van der Waals surface area contributed by atoms with E-state index in [9.17, 15) is 4.79 Å². The summed E-state index contributed by atoms with van der Waals surface area (Å²) in [7, 11) is 0. The van der Waals surface area contributed by atoms with Crippen molar-refractivity contribution < 1.29 is 0 Å². The molecule has 0 fully saturated rings. The highest BCUT2D eigenvalue weighted by Gasteiger charge is 2.10. The third-order valence-corrected chi connectivity index (χ3v) is 4.23. The molecule has 1 atom stereocenters. The first kappa shape index (κ1) is 14.2. The molecule has 0 saturated carbocycles. The maximum Gasteiger partial charge on any atom is 0.271 e. The van der Waals surface area contributed by atoms with Crippen LogP contribution in [-0.2, 0) is 6.54 Å². The van der Waals surface area contributed by atoms with Gasteiger partial charge in [0.05, 0.1) is 11.8 Å². The molecule has 104 valence electrons. The van der Waals surface area contributed by atoms with E-state index >= 15 is 0 Å². The summed E-state index contributed by atoms with van der Waals surface area (Å²) < 4.78 is 2.50. The van der Waals surface area contributed by atoms with Crippen molar-refractivity contribution in [2.75, 3.05) is 13.1 Å². The Balaban J connectivity index is 2.13. The highest BCUT2D eigenvalue weighted by atomic mass is 32.1. The summed E-state index contributed by atoms with van der Waals surface area (Å²) in [5.74, 6) is 0.421. The highest BCUT2D eigenvalue weighted by Crippen LogP contribution is 2.19. The van der Waals surface area contributed by atoms with Gasteiger partial charge in [0, 0.05) is 6.54 Å². The molecule has 0 bridgehead atoms. The predicted octanol–water partition coefficient (Wildman–Crippen LogP) is 2.40. The van der Waals surface area contributed by atoms with Gasteiger partial charge in [0.2, 0.25) is 0 Å². The smallest absolute Gasteiger partial charge is 0.271 e. The fourth-order valence-corrected chi connectivity index (χ4v) is 3.07. The van der Waals surface area contributed by atoms with Crippen molar-refractivity contribution in [1.29, 1.82) is 0 Å². The molecule has 0 aliphatic carbocycles. The maximum atomic E-state index is 12.3. The Hall–Kier alpha value is -1.20. The van der Waals surface area contributed by atoms with Gasteiger partial charge >= 0.3 is 0 Å². The van der Waals surface area contributed by atoms with Crippen molar-refractivity contribution in [1.82, 2.24) is 14.9 Å². The topological polar surface area (TPSA) is 46.9 Å². The fraction of sp³-hybridized carbons (Fsp3) is 0.571. The van der Waals surface area contributed by atoms with Gasteiger partial charge in [-0.05, 0) is 43.3 Å². The van der Waals surface area contributed by atoms with Crippen LogP contribution in [0.1, 0.15) is 25.8 Å². The summed E-state index contributed by atoms with van der Waals surface area (Å²) in [4.78, 5) is 16.7. The van der Waals surface area contributed by atoms with Gasteiger partial charge < -0.3 is 5.32 Å². The second kappa shape index (κ2) is 6.30. The van der Waals surface area contributed by atoms with Crippen LogP contribution < -0.4 is 10.9 Å². The Morgan fingerprint density at radius 3 is 3.05 bits per heavy atom. The molecule has 0 radical (unpaired) electrons. The molecule has 2 rings (SSSR count). The lowest BCUT2D eigenvalue weighted by molar-refractivity contribution is 0.438. The normalized spacial score (nSPS) is 13.0. The number of thiophene rings is 1. The number of hydrogen-bond acceptors (Lipinski definition) is 4. The molecule has 2 heterocycles. The summed E-state index contributed by atoms with van der Waals surface area (Å²) >= 11 is 1.49. The number of hydrogen-bond donors (Lipinski definition) is 1. The Labute approximate surface area is 117 Å². The highest BCUT2D eigenvalue weighted by molar-refractivity contribution is 7.17. The molecule has 2 aromatic rings. The Bertz CT molecular complexity index is 602. The molecule has 4 nitrogen and oxygen atoms in total. The molecule has 2 aromatic heterocycles. The van der Waals surface area contributed by atoms with Gasteiger partial charge in [-0.3, -0.25) is 9.36 Å². The minimum Gasteiger partial charge on any atom is -0.316 e. The second-order valence-corrected chi connectivity index (χ2v) is 5.99. The number of rotatable bonds is 6. The monoisotopic (exact) mass is 279 g/mol. The minimum atomic E-state index is 0.0884. The van der Waals surface area contributed by atoms with Crippen LogP contribution in [0.25, 0.3) is 10.2 Å². The lowest BCUT2D eigenvalue weighted by Gasteiger charge is -2.13. The van der Waals surface area contributed by atoms with E-state index in [0.717, 1.165) is 41.8 Å². The van der Waals surface area contributed by atoms with Gasteiger partial charge in [-0.15, -0.1) is 11.3 Å². The third kappa shape index (κ3) is 3.22. The van der Waals surface area contributed by atoms with Crippen molar-refractivity contribution in [2.45, 2.75) is 33.7 Å². The summed E-state index contributed by atoms with van der Waals surface area (Å²) in [5.41, 5.74) is 2.02. The molecule has 1 unspecified atom stereocenters. The SMILES string of the molecule is CCCNCC(C)Cn1cnc2c(C)csc2c1=O. The van der Waals surface area contributed by atoms with E-state index in [1.165, 1.54) is 11.3 Å². The van der Waals surface area contributed by atoms with E-state index < -0.39 is 0 Å². The molecular weight excluding hydrogens is 258 g/mol. The van der Waals surface area contributed by atoms with Crippen LogP contribution in [0, 0.1) is 12.8 Å². The van der Waals surface area contributed by atoms with Crippen molar-refractivity contribution in [2.24, 2.45) is 5.92 Å². The van der Waals surface area contributed by atoms with Gasteiger partial charge in [-0.2, -0.15) is 0 Å². The van der Waals surface area contributed by atoms with Crippen LogP contribution in [0.15, 0.2) is 16.5 Å². The number of nitrogens with one attached hydrogen (secondary N) is 1. The molecule has 0 aliphatic rings. The van der Waals surface area contributed by atoms with E-state index in [4.69, 9.17) is 0 Å². The summed E-state index contributed by atoms with van der Waals surface area (Å²) in [6.07, 6.45) is 2.81. The first-order chi connectivity index (χ1) is 9.13. The largest absolute Gasteiger partial charge is 0.316 e. The Kier molecular flexibility index (Phi) is 4.71. The molecule has 0 aromatic carbocycles. The van der Waals surface area contributed by atoms with E-state index in [1.54, 1.807) is 10.9 Å². The average Bonchev–Trinajstić information content (AvgIpc) is 2.76. The minimum absolute atomic E-state index is 0.0884. The van der Waals surface area contributed by atoms with Gasteiger partial charge in [0.15, 0.2) is 0 Å². The van der Waals surface area contributed by atoms with E-state index in [1.807, 2.05) is 12.3 Å². The number of aromatic nitrogens is 2. The van der Waals surface area contributed by atoms with Crippen molar-refractivity contribution in [3.63, 3.8) is 0 Å². The van der Waals surface area contributed by atoms with Crippen molar-refractivity contribution in [3.8, 4) is 0 Å². The molecule has 5 heteroatoms. The van der Waals surface area contributed by atoms with E-state index in [-0.39, 0.29) is 5.56 Å². The first-order valence-corrected chi connectivity index (χ1v) is 7.65. The quantitative estimate of drug-likeness (QED) is 0.826. The molecule has 1 N–H and O–H groups in total. The maximum absolute atomic E-state index is 12.3. The molecule has 0 saturated heterocycles. The van der Waals surface area contributed by atoms with Gasteiger partial charge in [0.25, 0.3) is 5.56 Å². The van der Waals surface area contributed by atoms with Crippen LogP contribution in [0.4, 0.5) is 0 Å². The summed E-state index contributed by atoms with van der Waals surface area (Å²) in [6.45, 7) is 8.98. The van der Waals surface area contributed by atoms with E-state index in [2.05, 4.69) is 24.1 Å². The lowest BCUT2D eigenvalue weighted by atomic mass is 10.2. The number of aryl methyl sites for hydroxylation is 1. The summed E-state index contributed by atoms with van der Waals surface area (Å²) in [6, 6.07) is 0. The van der Waals surface area contributed by atoms with Crippen LogP contribution in [0.3, 0.4) is 0 Å². The molecule has 0 spiro atoms. The number of nitrogens with zero attached hydrogens (tertiary/aromatic N) is 2. The zero-order valence-corrected chi connectivity index (χ0v) is 12.6. The summed E-state index contributed by atoms with van der Waals surface area (Å²) in [5, 5.41) is 5.38. The van der Waals surface area contributed by atoms with Crippen LogP contribution in [0.2, 0.25) is 0 Å². The standard InChI is InChI=1S/C14H21N3OS/c1-4-5-15-6-10(2)7-17-9-16-12-11(3)8-19-13(12)14(17)18/h8-10,15H,4-7H2,1-3H3. The molecule has 0 aliphatic heterocycles. The molecule has 0 amide bonds. The molecular formula is C14H21N3OS. The average molecular weight is 279 g/mol. The van der Waals surface area contributed by atoms with Crippen molar-refractivity contribution >= 4 is 21.6 Å². The second-order valence-electron chi connectivity index (χ2n) is 5.11. The van der Waals surface area contributed by atoms with Gasteiger partial charge in [-0.25, -0.2) is 4.98 Å². The predicted molar refractivity (Wildman–Crippen MR) is 80.9 cm³/mol. The van der Waals surface area contributed by atoms with Crippen molar-refractivity contribution in [3.05, 3.63) is 27.6 Å². The molecule has 19 heavy (non-hydrogen) atoms. The van der Waals surface area contributed by atoms with Crippen LogP contribution in [-0.4, -0.2) is 22.6 Å². The lowest BCUT2D eigenvalue weighted by Crippen LogP contribution is -2.29. The Morgan fingerprint density at radius 1 is 1.53 bits per heavy atom. The van der Waals surface area contributed by atoms with E-state index in [0.29, 0.717) is 5.92 Å².